The van der Waals surface area contributed by atoms with Gasteiger partial charge in [0.2, 0.25) is 5.91 Å². The average Bonchev–Trinajstić information content (AvgIpc) is 2.59. The lowest BCUT2D eigenvalue weighted by Gasteiger charge is -2.32. The third kappa shape index (κ3) is 6.48. The predicted octanol–water partition coefficient (Wildman–Crippen LogP) is 2.17. The number of benzene rings is 1. The highest BCUT2D eigenvalue weighted by molar-refractivity contribution is 5.80. The Kier molecular flexibility index (Phi) is 7.40. The number of hydrogen-bond acceptors (Lipinski definition) is 4. The minimum atomic E-state index is -0.841. The van der Waals surface area contributed by atoms with E-state index in [1.54, 1.807) is 4.90 Å². The minimum absolute atomic E-state index is 0.136. The van der Waals surface area contributed by atoms with Crippen LogP contribution < -0.4 is 5.32 Å². The molecule has 0 saturated carbocycles. The number of hydrogen-bond donors (Lipinski definition) is 2. The molecular weight excluding hydrogens is 320 g/mol. The fourth-order valence-electron chi connectivity index (χ4n) is 2.92. The molecule has 1 amide bonds. The van der Waals surface area contributed by atoms with Crippen LogP contribution in [0.4, 0.5) is 0 Å². The number of carboxylic acid groups (broad SMARTS) is 1. The molecule has 1 aliphatic rings. The zero-order valence-corrected chi connectivity index (χ0v) is 15.0. The van der Waals surface area contributed by atoms with Gasteiger partial charge in [-0.15, -0.1) is 0 Å². The first-order chi connectivity index (χ1) is 12.0. The summed E-state index contributed by atoms with van der Waals surface area (Å²) >= 11 is 0. The van der Waals surface area contributed by atoms with Crippen molar-refractivity contribution in [3.63, 3.8) is 0 Å². The van der Waals surface area contributed by atoms with Gasteiger partial charge in [-0.1, -0.05) is 30.7 Å². The van der Waals surface area contributed by atoms with Crippen molar-refractivity contribution in [3.05, 3.63) is 35.4 Å². The Hall–Kier alpha value is -1.92. The minimum Gasteiger partial charge on any atom is -0.480 e. The van der Waals surface area contributed by atoms with Crippen molar-refractivity contribution in [2.75, 3.05) is 13.1 Å². The van der Waals surface area contributed by atoms with E-state index in [1.165, 1.54) is 0 Å². The van der Waals surface area contributed by atoms with Gasteiger partial charge in [0.15, 0.2) is 0 Å². The van der Waals surface area contributed by atoms with Crippen LogP contribution in [-0.2, 0) is 27.5 Å². The van der Waals surface area contributed by atoms with E-state index in [4.69, 9.17) is 4.74 Å². The van der Waals surface area contributed by atoms with Gasteiger partial charge >= 0.3 is 5.97 Å². The molecule has 0 spiro atoms. The quantitative estimate of drug-likeness (QED) is 0.753. The zero-order chi connectivity index (χ0) is 18.2. The Labute approximate surface area is 149 Å². The first-order valence-electron chi connectivity index (χ1n) is 8.88. The predicted molar refractivity (Wildman–Crippen MR) is 95.1 cm³/mol. The maximum Gasteiger partial charge on any atom is 0.320 e. The van der Waals surface area contributed by atoms with Gasteiger partial charge in [0, 0.05) is 6.54 Å². The number of nitrogens with zero attached hydrogens (tertiary/aromatic N) is 1. The number of carbonyl (C=O) groups excluding carboxylic acids is 1. The molecule has 0 aliphatic carbocycles. The van der Waals surface area contributed by atoms with E-state index in [2.05, 4.69) is 5.32 Å². The molecule has 2 N–H and O–H groups in total. The van der Waals surface area contributed by atoms with Crippen molar-refractivity contribution in [2.24, 2.45) is 0 Å². The van der Waals surface area contributed by atoms with Gasteiger partial charge in [-0.05, 0) is 44.4 Å². The van der Waals surface area contributed by atoms with E-state index < -0.39 is 12.0 Å². The van der Waals surface area contributed by atoms with E-state index in [0.717, 1.165) is 24.0 Å². The Morgan fingerprint density at radius 1 is 1.24 bits per heavy atom. The van der Waals surface area contributed by atoms with Crippen LogP contribution in [0.1, 0.15) is 44.2 Å². The highest BCUT2D eigenvalue weighted by Crippen LogP contribution is 2.16. The normalized spacial score (nSPS) is 18.3. The maximum absolute atomic E-state index is 12.1. The number of amides is 1. The molecule has 1 heterocycles. The Balaban J connectivity index is 1.78. The highest BCUT2D eigenvalue weighted by atomic mass is 16.5. The number of aliphatic carboxylic acids is 1. The first-order valence-corrected chi connectivity index (χ1v) is 8.88. The molecule has 2 rings (SSSR count). The molecule has 0 bridgehead atoms. The Bertz CT molecular complexity index is 571. The summed E-state index contributed by atoms with van der Waals surface area (Å²) in [5.41, 5.74) is 2.11. The van der Waals surface area contributed by atoms with Crippen molar-refractivity contribution >= 4 is 11.9 Å². The molecule has 6 nitrogen and oxygen atoms in total. The topological polar surface area (TPSA) is 78.9 Å². The fraction of sp³-hybridized carbons (Fsp3) is 0.579. The summed E-state index contributed by atoms with van der Waals surface area (Å²) < 4.78 is 5.56. The van der Waals surface area contributed by atoms with Crippen molar-refractivity contribution in [1.82, 2.24) is 10.2 Å². The van der Waals surface area contributed by atoms with E-state index in [9.17, 15) is 14.7 Å². The third-order valence-electron chi connectivity index (χ3n) is 4.34. The molecule has 1 unspecified atom stereocenters. The van der Waals surface area contributed by atoms with Gasteiger partial charge in [0.05, 0.1) is 19.3 Å². The van der Waals surface area contributed by atoms with Crippen LogP contribution in [0.2, 0.25) is 0 Å². The number of rotatable bonds is 8. The van der Waals surface area contributed by atoms with Crippen molar-refractivity contribution in [2.45, 2.75) is 58.4 Å². The lowest BCUT2D eigenvalue weighted by molar-refractivity contribution is -0.145. The molecule has 1 aromatic rings. The van der Waals surface area contributed by atoms with Crippen LogP contribution in [0.25, 0.3) is 0 Å². The Morgan fingerprint density at radius 3 is 2.56 bits per heavy atom. The third-order valence-corrected chi connectivity index (χ3v) is 4.34. The van der Waals surface area contributed by atoms with Crippen molar-refractivity contribution < 1.29 is 19.4 Å². The van der Waals surface area contributed by atoms with Crippen molar-refractivity contribution in [1.29, 1.82) is 0 Å². The molecule has 0 radical (unpaired) electrons. The summed E-state index contributed by atoms with van der Waals surface area (Å²) in [6.07, 6.45) is 2.66. The molecule has 1 fully saturated rings. The van der Waals surface area contributed by atoms with Crippen LogP contribution in [0.3, 0.4) is 0 Å². The Morgan fingerprint density at radius 2 is 1.92 bits per heavy atom. The second-order valence-electron chi connectivity index (χ2n) is 6.77. The molecular formula is C19H28N2O4. The standard InChI is InChI=1S/C19H28N2O4/c1-14(2)25-13-16-8-6-15(7-9-16)11-20-18(22)12-21-10-4-3-5-17(21)19(23)24/h6-9,14,17H,3-5,10-13H2,1-2H3,(H,20,22)(H,23,24). The summed E-state index contributed by atoms with van der Waals surface area (Å²) in [4.78, 5) is 25.2. The van der Waals surface area contributed by atoms with Crippen molar-refractivity contribution in [3.8, 4) is 0 Å². The van der Waals surface area contributed by atoms with Gasteiger partial charge in [0.1, 0.15) is 6.04 Å². The highest BCUT2D eigenvalue weighted by Gasteiger charge is 2.29. The molecule has 0 aromatic heterocycles. The molecule has 138 valence electrons. The number of ether oxygens (including phenoxy) is 1. The van der Waals surface area contributed by atoms with Gasteiger partial charge < -0.3 is 15.2 Å². The number of carbonyl (C=O) groups is 2. The lowest BCUT2D eigenvalue weighted by atomic mass is 10.0. The summed E-state index contributed by atoms with van der Waals surface area (Å²) in [6, 6.07) is 7.39. The summed E-state index contributed by atoms with van der Waals surface area (Å²) in [7, 11) is 0. The molecule has 1 aromatic carbocycles. The smallest absolute Gasteiger partial charge is 0.320 e. The molecule has 1 atom stereocenters. The van der Waals surface area contributed by atoms with E-state index in [0.29, 0.717) is 26.1 Å². The van der Waals surface area contributed by atoms with Crippen LogP contribution in [0, 0.1) is 0 Å². The van der Waals surface area contributed by atoms with Gasteiger partial charge in [0.25, 0.3) is 0 Å². The monoisotopic (exact) mass is 348 g/mol. The van der Waals surface area contributed by atoms with Gasteiger partial charge in [-0.2, -0.15) is 0 Å². The largest absolute Gasteiger partial charge is 0.480 e. The second-order valence-corrected chi connectivity index (χ2v) is 6.77. The zero-order valence-electron chi connectivity index (χ0n) is 15.0. The van der Waals surface area contributed by atoms with Crippen LogP contribution >= 0.6 is 0 Å². The van der Waals surface area contributed by atoms with Gasteiger partial charge in [-0.25, -0.2) is 0 Å². The van der Waals surface area contributed by atoms with Crippen LogP contribution in [0.5, 0.6) is 0 Å². The molecule has 1 aliphatic heterocycles. The number of piperidine rings is 1. The SMILES string of the molecule is CC(C)OCc1ccc(CNC(=O)CN2CCCCC2C(=O)O)cc1. The number of carboxylic acids is 1. The lowest BCUT2D eigenvalue weighted by Crippen LogP contribution is -2.48. The number of likely N-dealkylation sites (tertiary alicyclic amines) is 1. The summed E-state index contributed by atoms with van der Waals surface area (Å²) in [5, 5.41) is 12.1. The average molecular weight is 348 g/mol. The van der Waals surface area contributed by atoms with Crippen LogP contribution in [0.15, 0.2) is 24.3 Å². The van der Waals surface area contributed by atoms with E-state index in [1.807, 2.05) is 38.1 Å². The van der Waals surface area contributed by atoms with Gasteiger partial charge in [-0.3, -0.25) is 14.5 Å². The summed E-state index contributed by atoms with van der Waals surface area (Å²) in [6.45, 7) is 5.82. The maximum atomic E-state index is 12.1. The fourth-order valence-corrected chi connectivity index (χ4v) is 2.92. The van der Waals surface area contributed by atoms with Crippen LogP contribution in [-0.4, -0.2) is 47.1 Å². The van der Waals surface area contributed by atoms with E-state index in [-0.39, 0.29) is 18.6 Å². The second kappa shape index (κ2) is 9.53. The van der Waals surface area contributed by atoms with E-state index >= 15 is 0 Å². The first kappa shape index (κ1) is 19.4. The molecule has 1 saturated heterocycles. The number of nitrogens with one attached hydrogen (secondary N) is 1. The summed E-state index contributed by atoms with van der Waals surface area (Å²) in [5.74, 6) is -0.980. The molecule has 25 heavy (non-hydrogen) atoms. The molecule has 6 heteroatoms.